The minimum absolute atomic E-state index is 0. The molecule has 0 amide bonds. The average molecular weight is 507 g/mol. The maximum atomic E-state index is 4.49. The van der Waals surface area contributed by atoms with Gasteiger partial charge in [0, 0.05) is 39.1 Å². The molecule has 0 aromatic carbocycles. The van der Waals surface area contributed by atoms with E-state index >= 15 is 0 Å². The normalized spacial score (nSPS) is 20.1. The number of aromatic nitrogens is 3. The first-order valence-electron chi connectivity index (χ1n) is 9.97. The molecule has 1 saturated heterocycles. The summed E-state index contributed by atoms with van der Waals surface area (Å²) in [5.74, 6) is 2.19. The van der Waals surface area contributed by atoms with Crippen LogP contribution < -0.4 is 5.32 Å². The average Bonchev–Trinajstić information content (AvgIpc) is 3.34. The molecule has 2 fully saturated rings. The summed E-state index contributed by atoms with van der Waals surface area (Å²) in [6, 6.07) is 0.606. The van der Waals surface area contributed by atoms with Gasteiger partial charge in [-0.2, -0.15) is 0 Å². The molecule has 27 heavy (non-hydrogen) atoms. The summed E-state index contributed by atoms with van der Waals surface area (Å²) in [5, 5.41) is 13.5. The molecule has 1 aliphatic heterocycles. The number of aliphatic imine (C=N–C) groups is 1. The Morgan fingerprint density at radius 3 is 2.63 bits per heavy atom. The molecule has 0 bridgehead atoms. The highest BCUT2D eigenvalue weighted by Gasteiger charge is 2.30. The van der Waals surface area contributed by atoms with E-state index in [1.54, 1.807) is 11.8 Å². The van der Waals surface area contributed by atoms with Crippen molar-refractivity contribution in [2.75, 3.05) is 32.9 Å². The summed E-state index contributed by atoms with van der Waals surface area (Å²) < 4.78 is 2.41. The zero-order chi connectivity index (χ0) is 18.6. The lowest BCUT2D eigenvalue weighted by molar-refractivity contribution is 0.370. The van der Waals surface area contributed by atoms with Crippen molar-refractivity contribution in [1.29, 1.82) is 0 Å². The zero-order valence-corrected chi connectivity index (χ0v) is 20.3. The van der Waals surface area contributed by atoms with Gasteiger partial charge in [-0.3, -0.25) is 4.99 Å². The molecule has 0 radical (unpaired) electrons. The third-order valence-electron chi connectivity index (χ3n) is 5.66. The van der Waals surface area contributed by atoms with Gasteiger partial charge in [0.15, 0.2) is 11.1 Å². The van der Waals surface area contributed by atoms with Crippen molar-refractivity contribution in [1.82, 2.24) is 25.0 Å². The summed E-state index contributed by atoms with van der Waals surface area (Å²) >= 11 is 1.72. The molecular weight excluding hydrogens is 471 g/mol. The van der Waals surface area contributed by atoms with Crippen LogP contribution in [0, 0.1) is 5.41 Å². The van der Waals surface area contributed by atoms with Crippen LogP contribution in [0.2, 0.25) is 0 Å². The fraction of sp³-hybridized carbons (Fsp3) is 0.842. The Morgan fingerprint density at radius 2 is 2.04 bits per heavy atom. The number of halogens is 1. The molecule has 1 N–H and O–H groups in total. The van der Waals surface area contributed by atoms with E-state index < -0.39 is 0 Å². The molecule has 0 unspecified atom stereocenters. The number of hydrogen-bond acceptors (Lipinski definition) is 4. The van der Waals surface area contributed by atoms with Crippen molar-refractivity contribution in [3.63, 3.8) is 0 Å². The van der Waals surface area contributed by atoms with Crippen LogP contribution >= 0.6 is 35.7 Å². The molecule has 8 heteroatoms. The summed E-state index contributed by atoms with van der Waals surface area (Å²) in [4.78, 5) is 6.85. The third kappa shape index (κ3) is 5.74. The lowest BCUT2D eigenvalue weighted by Crippen LogP contribution is -2.41. The first kappa shape index (κ1) is 22.8. The number of likely N-dealkylation sites (tertiary alicyclic amines) is 1. The highest BCUT2D eigenvalue weighted by molar-refractivity contribution is 14.0. The maximum absolute atomic E-state index is 4.49. The third-order valence-corrected chi connectivity index (χ3v) is 6.30. The molecule has 1 aliphatic carbocycles. The highest BCUT2D eigenvalue weighted by atomic mass is 127. The van der Waals surface area contributed by atoms with Crippen molar-refractivity contribution >= 4 is 41.7 Å². The summed E-state index contributed by atoms with van der Waals surface area (Å²) in [6.07, 6.45) is 10.6. The van der Waals surface area contributed by atoms with E-state index in [0.29, 0.717) is 11.5 Å². The van der Waals surface area contributed by atoms with Gasteiger partial charge in [-0.15, -0.1) is 34.2 Å². The first-order valence-corrected chi connectivity index (χ1v) is 11.2. The van der Waals surface area contributed by atoms with Crippen LogP contribution in [0.25, 0.3) is 0 Å². The Balaban J connectivity index is 0.00000261. The first-order chi connectivity index (χ1) is 12.5. The van der Waals surface area contributed by atoms with Gasteiger partial charge in [0.05, 0.1) is 0 Å². The monoisotopic (exact) mass is 506 g/mol. The van der Waals surface area contributed by atoms with E-state index in [-0.39, 0.29) is 24.0 Å². The minimum Gasteiger partial charge on any atom is -0.356 e. The second-order valence-electron chi connectivity index (χ2n) is 8.32. The highest BCUT2D eigenvalue weighted by Crippen LogP contribution is 2.33. The van der Waals surface area contributed by atoms with Crippen LogP contribution in [0.15, 0.2) is 10.1 Å². The molecule has 0 atom stereocenters. The number of nitrogens with one attached hydrogen (secondary N) is 1. The van der Waals surface area contributed by atoms with Gasteiger partial charge in [-0.1, -0.05) is 38.5 Å². The van der Waals surface area contributed by atoms with Crippen LogP contribution in [-0.2, 0) is 6.42 Å². The molecule has 154 valence electrons. The Kier molecular flexibility index (Phi) is 8.70. The van der Waals surface area contributed by atoms with Crippen LogP contribution in [0.4, 0.5) is 0 Å². The molecule has 1 aromatic rings. The van der Waals surface area contributed by atoms with E-state index in [1.165, 1.54) is 32.1 Å². The van der Waals surface area contributed by atoms with Gasteiger partial charge in [0.25, 0.3) is 0 Å². The molecule has 1 saturated carbocycles. The molecular formula is C19H35IN6S. The fourth-order valence-corrected chi connectivity index (χ4v) is 4.79. The lowest BCUT2D eigenvalue weighted by atomic mass is 9.93. The quantitative estimate of drug-likeness (QED) is 0.208. The Labute approximate surface area is 185 Å². The van der Waals surface area contributed by atoms with Crippen molar-refractivity contribution < 1.29 is 0 Å². The van der Waals surface area contributed by atoms with Crippen molar-refractivity contribution in [2.24, 2.45) is 10.4 Å². The zero-order valence-electron chi connectivity index (χ0n) is 17.2. The number of thioether (sulfide) groups is 1. The second-order valence-corrected chi connectivity index (χ2v) is 9.10. The van der Waals surface area contributed by atoms with Gasteiger partial charge < -0.3 is 14.8 Å². The van der Waals surface area contributed by atoms with Gasteiger partial charge >= 0.3 is 0 Å². The van der Waals surface area contributed by atoms with E-state index in [1.807, 2.05) is 7.05 Å². The summed E-state index contributed by atoms with van der Waals surface area (Å²) in [7, 11) is 1.88. The number of aryl methyl sites for hydroxylation is 1. The number of nitrogens with zero attached hydrogens (tertiary/aromatic N) is 5. The predicted octanol–water partition coefficient (Wildman–Crippen LogP) is 3.97. The second kappa shape index (κ2) is 10.3. The van der Waals surface area contributed by atoms with Gasteiger partial charge in [0.1, 0.15) is 5.82 Å². The smallest absolute Gasteiger partial charge is 0.193 e. The number of rotatable bonds is 6. The van der Waals surface area contributed by atoms with Crippen molar-refractivity contribution in [3.05, 3.63) is 5.82 Å². The van der Waals surface area contributed by atoms with E-state index in [4.69, 9.17) is 0 Å². The molecule has 3 rings (SSSR count). The van der Waals surface area contributed by atoms with Crippen LogP contribution in [0.1, 0.15) is 64.2 Å². The number of guanidine groups is 1. The van der Waals surface area contributed by atoms with E-state index in [2.05, 4.69) is 50.1 Å². The number of hydrogen-bond donors (Lipinski definition) is 1. The molecule has 2 heterocycles. The molecule has 6 nitrogen and oxygen atoms in total. The molecule has 1 aromatic heterocycles. The Hall–Kier alpha value is -0.510. The van der Waals surface area contributed by atoms with Crippen molar-refractivity contribution in [3.8, 4) is 0 Å². The van der Waals surface area contributed by atoms with Crippen molar-refractivity contribution in [2.45, 2.75) is 70.0 Å². The maximum Gasteiger partial charge on any atom is 0.193 e. The topological polar surface area (TPSA) is 58.3 Å². The Morgan fingerprint density at radius 1 is 1.30 bits per heavy atom. The van der Waals surface area contributed by atoms with Crippen LogP contribution in [0.5, 0.6) is 0 Å². The van der Waals surface area contributed by atoms with Crippen LogP contribution in [0.3, 0.4) is 0 Å². The summed E-state index contributed by atoms with van der Waals surface area (Å²) in [5.41, 5.74) is 0.392. The standard InChI is InChI=1S/C19H34N6S.HI/c1-19(2)11-13-24(14-19)17(20-3)21-12-7-10-16-22-23-18(26-4)25(16)15-8-5-6-9-15;/h15H,5-14H2,1-4H3,(H,20,21);1H. The van der Waals surface area contributed by atoms with Crippen LogP contribution in [-0.4, -0.2) is 58.6 Å². The fourth-order valence-electron chi connectivity index (χ4n) is 4.22. The SMILES string of the molecule is CN=C(NCCCc1nnc(SC)n1C1CCCC1)N1CCC(C)(C)C1.I. The summed E-state index contributed by atoms with van der Waals surface area (Å²) in [6.45, 7) is 7.77. The predicted molar refractivity (Wildman–Crippen MR) is 124 cm³/mol. The van der Waals surface area contributed by atoms with Gasteiger partial charge in [-0.25, -0.2) is 0 Å². The largest absolute Gasteiger partial charge is 0.356 e. The van der Waals surface area contributed by atoms with E-state index in [0.717, 1.165) is 49.4 Å². The van der Waals surface area contributed by atoms with Gasteiger partial charge in [-0.05, 0) is 37.4 Å². The lowest BCUT2D eigenvalue weighted by Gasteiger charge is -2.23. The van der Waals surface area contributed by atoms with E-state index in [9.17, 15) is 0 Å². The molecule has 0 spiro atoms. The minimum atomic E-state index is 0. The molecule has 2 aliphatic rings. The van der Waals surface area contributed by atoms with Gasteiger partial charge in [0.2, 0.25) is 0 Å². The Bertz CT molecular complexity index is 624.